The minimum Gasteiger partial charge on any atom is -0.491 e. The summed E-state index contributed by atoms with van der Waals surface area (Å²) in [7, 11) is 1.77. The number of carbonyl (C=O) groups is 1. The quantitative estimate of drug-likeness (QED) is 0.941. The third kappa shape index (κ3) is 3.33. The highest BCUT2D eigenvalue weighted by molar-refractivity contribution is 6.30. The van der Waals surface area contributed by atoms with Crippen molar-refractivity contribution < 1.29 is 9.53 Å². The molecule has 2 aromatic rings. The lowest BCUT2D eigenvalue weighted by atomic mass is 9.96. The van der Waals surface area contributed by atoms with Gasteiger partial charge < -0.3 is 15.0 Å². The first-order valence-electron chi connectivity index (χ1n) is 7.62. The first-order chi connectivity index (χ1) is 11.2. The summed E-state index contributed by atoms with van der Waals surface area (Å²) >= 11 is 6.20. The zero-order chi connectivity index (χ0) is 16.2. The summed E-state index contributed by atoms with van der Waals surface area (Å²) in [5.41, 5.74) is 1.97. The molecule has 0 fully saturated rings. The summed E-state index contributed by atoms with van der Waals surface area (Å²) in [4.78, 5) is 14.5. The average Bonchev–Trinajstić information content (AvgIpc) is 2.75. The van der Waals surface area contributed by atoms with Crippen LogP contribution in [0.25, 0.3) is 0 Å². The van der Waals surface area contributed by atoms with Gasteiger partial charge in [-0.15, -0.1) is 0 Å². The Bertz CT molecular complexity index is 691. The summed E-state index contributed by atoms with van der Waals surface area (Å²) in [6, 6.07) is 15.4. The van der Waals surface area contributed by atoms with E-state index < -0.39 is 0 Å². The maximum atomic E-state index is 12.6. The summed E-state index contributed by atoms with van der Waals surface area (Å²) in [6.07, 6.45) is 0. The molecule has 1 amide bonds. The molecule has 120 valence electrons. The van der Waals surface area contributed by atoms with E-state index in [9.17, 15) is 4.79 Å². The van der Waals surface area contributed by atoms with Gasteiger partial charge in [0, 0.05) is 10.6 Å². The molecule has 1 aliphatic heterocycles. The molecule has 0 aromatic heterocycles. The Hall–Kier alpha value is -2.04. The molecule has 0 spiro atoms. The number of hydrogen-bond acceptors (Lipinski definition) is 3. The fourth-order valence-corrected chi connectivity index (χ4v) is 3.11. The molecule has 1 heterocycles. The number of nitrogens with one attached hydrogen (secondary N) is 1. The van der Waals surface area contributed by atoms with Crippen molar-refractivity contribution in [2.45, 2.75) is 6.04 Å². The van der Waals surface area contributed by atoms with Crippen molar-refractivity contribution in [2.24, 2.45) is 0 Å². The third-order valence-corrected chi connectivity index (χ3v) is 4.17. The number of ether oxygens (including phenoxy) is 1. The maximum Gasteiger partial charge on any atom is 0.237 e. The van der Waals surface area contributed by atoms with E-state index in [0.717, 1.165) is 16.9 Å². The van der Waals surface area contributed by atoms with Crippen LogP contribution in [0.4, 0.5) is 0 Å². The predicted octanol–water partition coefficient (Wildman–Crippen LogP) is 2.87. The second kappa shape index (κ2) is 7.02. The van der Waals surface area contributed by atoms with Crippen LogP contribution >= 0.6 is 11.6 Å². The van der Waals surface area contributed by atoms with E-state index in [4.69, 9.17) is 16.3 Å². The number of nitrogens with zero attached hydrogens (tertiary/aromatic N) is 1. The van der Waals surface area contributed by atoms with Crippen molar-refractivity contribution in [1.82, 2.24) is 10.2 Å². The van der Waals surface area contributed by atoms with Gasteiger partial charge in [0.25, 0.3) is 0 Å². The van der Waals surface area contributed by atoms with Crippen LogP contribution in [-0.4, -0.2) is 37.6 Å². The second-order valence-electron chi connectivity index (χ2n) is 5.46. The molecule has 0 saturated carbocycles. The van der Waals surface area contributed by atoms with Crippen LogP contribution < -0.4 is 10.1 Å². The Kier molecular flexibility index (Phi) is 4.84. The fraction of sp³-hybridized carbons (Fsp3) is 0.278. The Morgan fingerprint density at radius 2 is 2.09 bits per heavy atom. The van der Waals surface area contributed by atoms with E-state index in [1.165, 1.54) is 0 Å². The normalized spacial score (nSPS) is 17.1. The van der Waals surface area contributed by atoms with Gasteiger partial charge in [-0.3, -0.25) is 4.79 Å². The summed E-state index contributed by atoms with van der Waals surface area (Å²) < 4.78 is 5.84. The second-order valence-corrected chi connectivity index (χ2v) is 5.90. The Labute approximate surface area is 141 Å². The minimum absolute atomic E-state index is 0.0396. The lowest BCUT2D eigenvalue weighted by Gasteiger charge is -2.30. The van der Waals surface area contributed by atoms with Crippen LogP contribution in [0.3, 0.4) is 0 Å². The summed E-state index contributed by atoms with van der Waals surface area (Å²) in [5.74, 6) is 0.820. The van der Waals surface area contributed by atoms with Crippen LogP contribution in [0.5, 0.6) is 5.75 Å². The molecule has 1 unspecified atom stereocenters. The van der Waals surface area contributed by atoms with Crippen LogP contribution in [0, 0.1) is 0 Å². The van der Waals surface area contributed by atoms with Crippen molar-refractivity contribution in [3.8, 4) is 5.75 Å². The number of hydrogen-bond donors (Lipinski definition) is 1. The lowest BCUT2D eigenvalue weighted by molar-refractivity contribution is -0.131. The predicted molar refractivity (Wildman–Crippen MR) is 90.9 cm³/mol. The van der Waals surface area contributed by atoms with Crippen LogP contribution in [0.2, 0.25) is 5.02 Å². The van der Waals surface area contributed by atoms with Crippen LogP contribution in [-0.2, 0) is 4.79 Å². The highest BCUT2D eigenvalue weighted by Gasteiger charge is 2.31. The van der Waals surface area contributed by atoms with E-state index in [2.05, 4.69) is 5.32 Å². The van der Waals surface area contributed by atoms with Gasteiger partial charge in [0.15, 0.2) is 0 Å². The number of rotatable bonds is 3. The van der Waals surface area contributed by atoms with Gasteiger partial charge >= 0.3 is 0 Å². The Balaban J connectivity index is 2.12. The van der Waals surface area contributed by atoms with Crippen LogP contribution in [0.15, 0.2) is 48.5 Å². The zero-order valence-corrected chi connectivity index (χ0v) is 13.7. The first kappa shape index (κ1) is 15.8. The van der Waals surface area contributed by atoms with Gasteiger partial charge in [0.2, 0.25) is 5.91 Å². The van der Waals surface area contributed by atoms with Crippen molar-refractivity contribution in [3.05, 3.63) is 64.7 Å². The molecular formula is C18H19ClN2O2. The molecule has 5 heteroatoms. The minimum atomic E-state index is -0.201. The Morgan fingerprint density at radius 1 is 1.30 bits per heavy atom. The topological polar surface area (TPSA) is 41.6 Å². The molecule has 0 saturated heterocycles. The molecule has 0 aliphatic carbocycles. The highest BCUT2D eigenvalue weighted by atomic mass is 35.5. The Morgan fingerprint density at radius 3 is 2.83 bits per heavy atom. The highest BCUT2D eigenvalue weighted by Crippen LogP contribution is 2.38. The van der Waals surface area contributed by atoms with Crippen LogP contribution in [0.1, 0.15) is 17.2 Å². The van der Waals surface area contributed by atoms with Gasteiger partial charge in [-0.25, -0.2) is 0 Å². The van der Waals surface area contributed by atoms with Crippen molar-refractivity contribution in [3.63, 3.8) is 0 Å². The van der Waals surface area contributed by atoms with E-state index in [1.807, 2.05) is 53.4 Å². The van der Waals surface area contributed by atoms with Crippen molar-refractivity contribution in [1.29, 1.82) is 0 Å². The van der Waals surface area contributed by atoms with Crippen molar-refractivity contribution >= 4 is 17.5 Å². The molecule has 3 rings (SSSR count). The molecule has 4 nitrogen and oxygen atoms in total. The SMILES string of the molecule is CNCC(=O)N1CCOc2ccc(Cl)cc2C1c1ccccc1. The monoisotopic (exact) mass is 330 g/mol. The molecule has 23 heavy (non-hydrogen) atoms. The fourth-order valence-electron chi connectivity index (χ4n) is 2.93. The largest absolute Gasteiger partial charge is 0.491 e. The zero-order valence-electron chi connectivity index (χ0n) is 13.0. The van der Waals surface area contributed by atoms with E-state index in [1.54, 1.807) is 7.05 Å². The average molecular weight is 331 g/mol. The smallest absolute Gasteiger partial charge is 0.237 e. The molecule has 1 aliphatic rings. The van der Waals surface area contributed by atoms with Gasteiger partial charge in [0.1, 0.15) is 12.4 Å². The van der Waals surface area contributed by atoms with E-state index in [0.29, 0.717) is 24.7 Å². The van der Waals surface area contributed by atoms with E-state index in [-0.39, 0.29) is 11.9 Å². The summed E-state index contributed by atoms with van der Waals surface area (Å²) in [5, 5.41) is 3.57. The number of carbonyl (C=O) groups excluding carboxylic acids is 1. The standard InChI is InChI=1S/C18H19ClN2O2/c1-20-12-17(22)21-9-10-23-16-8-7-14(19)11-15(16)18(21)13-5-3-2-4-6-13/h2-8,11,18,20H,9-10,12H2,1H3. The number of likely N-dealkylation sites (N-methyl/N-ethyl adjacent to an activating group) is 1. The lowest BCUT2D eigenvalue weighted by Crippen LogP contribution is -2.41. The van der Waals surface area contributed by atoms with Gasteiger partial charge in [0.05, 0.1) is 19.1 Å². The molecule has 0 radical (unpaired) electrons. The molecular weight excluding hydrogens is 312 g/mol. The van der Waals surface area contributed by atoms with Gasteiger partial charge in [-0.2, -0.15) is 0 Å². The van der Waals surface area contributed by atoms with Crippen molar-refractivity contribution in [2.75, 3.05) is 26.7 Å². The maximum absolute atomic E-state index is 12.6. The number of benzene rings is 2. The molecule has 0 bridgehead atoms. The van der Waals surface area contributed by atoms with Gasteiger partial charge in [-0.05, 0) is 30.8 Å². The number of halogens is 1. The number of fused-ring (bicyclic) bond motifs is 1. The van der Waals surface area contributed by atoms with Gasteiger partial charge in [-0.1, -0.05) is 41.9 Å². The first-order valence-corrected chi connectivity index (χ1v) is 8.00. The number of amides is 1. The van der Waals surface area contributed by atoms with E-state index >= 15 is 0 Å². The molecule has 2 aromatic carbocycles. The molecule has 1 atom stereocenters. The third-order valence-electron chi connectivity index (χ3n) is 3.93. The summed E-state index contributed by atoms with van der Waals surface area (Å²) in [6.45, 7) is 1.29. The molecule has 1 N–H and O–H groups in total.